The highest BCUT2D eigenvalue weighted by atomic mass is 31.2. The van der Waals surface area contributed by atoms with Crippen molar-refractivity contribution in [3.8, 4) is 0 Å². The van der Waals surface area contributed by atoms with E-state index in [1.165, 1.54) is 21.9 Å². The van der Waals surface area contributed by atoms with Crippen LogP contribution in [0, 0.1) is 12.3 Å². The topological polar surface area (TPSA) is 197 Å². The third-order valence-corrected chi connectivity index (χ3v) is 11.6. The molecule has 1 aliphatic rings. The lowest BCUT2D eigenvalue weighted by atomic mass is 10.0. The molecule has 0 aromatic carbocycles. The van der Waals surface area contributed by atoms with Crippen molar-refractivity contribution in [3.63, 3.8) is 0 Å². The van der Waals surface area contributed by atoms with Crippen LogP contribution >= 0.6 is 7.44 Å². The minimum absolute atomic E-state index is 0.0559. The SMILES string of the molecule is CCCCCCOC(=O)C(C)(C)N1C(C)(C(=O)OCCCCCC)NP1(=O)CO[C@H](C)Cn1cnc2c(=N)n(Cc3oc(=O)oc3C)cnc21. The average molecular weight is 722 g/mol. The van der Waals surface area contributed by atoms with E-state index >= 15 is 0 Å². The monoisotopic (exact) mass is 721 g/mol. The van der Waals surface area contributed by atoms with Crippen LogP contribution in [0.25, 0.3) is 11.2 Å². The number of hydrogen-bond donors (Lipinski definition) is 2. The largest absolute Gasteiger partial charge is 0.519 e. The van der Waals surface area contributed by atoms with Crippen molar-refractivity contribution >= 4 is 30.5 Å². The fourth-order valence-electron chi connectivity index (χ4n) is 6.17. The standard InChI is InChI=1S/C33H52N7O9P/c1-8-10-12-14-16-45-29(41)32(5,6)40-33(7,30(42)46-17-15-13-11-9-2)37-50(40,44)22-47-23(3)18-39-20-35-26-27(34)38(21-36-28(26)39)19-25-24(4)48-31(43)49-25/h20-21,23,34H,8-19,22H2,1-7H3,(H,37,44)/t23-,33?,50?/m1/s1. The van der Waals surface area contributed by atoms with Gasteiger partial charge in [-0.15, -0.1) is 0 Å². The van der Waals surface area contributed by atoms with Gasteiger partial charge in [0.05, 0.1) is 45.1 Å². The molecule has 0 aliphatic carbocycles. The van der Waals surface area contributed by atoms with Crippen LogP contribution in [-0.2, 0) is 41.5 Å². The molecule has 50 heavy (non-hydrogen) atoms. The van der Waals surface area contributed by atoms with Gasteiger partial charge in [-0.3, -0.25) is 14.8 Å². The maximum Gasteiger partial charge on any atom is 0.519 e. The first-order chi connectivity index (χ1) is 23.7. The fraction of sp³-hybridized carbons (Fsp3) is 0.697. The first kappa shape index (κ1) is 39.2. The highest BCUT2D eigenvalue weighted by Crippen LogP contribution is 2.63. The second kappa shape index (κ2) is 16.6. The second-order valence-corrected chi connectivity index (χ2v) is 15.8. The van der Waals surface area contributed by atoms with Crippen molar-refractivity contribution < 1.29 is 37.2 Å². The summed E-state index contributed by atoms with van der Waals surface area (Å²) in [6, 6.07) is 0. The van der Waals surface area contributed by atoms with Crippen LogP contribution in [0.15, 0.2) is 26.3 Å². The highest BCUT2D eigenvalue weighted by molar-refractivity contribution is 7.61. The quantitative estimate of drug-likeness (QED) is 0.0916. The Kier molecular flexibility index (Phi) is 13.0. The van der Waals surface area contributed by atoms with Crippen molar-refractivity contribution in [2.75, 3.05) is 19.6 Å². The van der Waals surface area contributed by atoms with Gasteiger partial charge in [0.1, 0.15) is 23.2 Å². The Balaban J connectivity index is 1.46. The molecule has 0 amide bonds. The molecule has 0 spiro atoms. The predicted molar refractivity (Wildman–Crippen MR) is 183 cm³/mol. The molecule has 4 rings (SSSR count). The number of carbonyl (C=O) groups excluding carboxylic acids is 2. The van der Waals surface area contributed by atoms with Crippen LogP contribution in [0.4, 0.5) is 0 Å². The van der Waals surface area contributed by atoms with E-state index in [-0.39, 0.29) is 43.9 Å². The van der Waals surface area contributed by atoms with Gasteiger partial charge in [-0.25, -0.2) is 24.6 Å². The molecular weight excluding hydrogens is 669 g/mol. The van der Waals surface area contributed by atoms with Gasteiger partial charge < -0.3 is 32.2 Å². The van der Waals surface area contributed by atoms with Crippen LogP contribution in [0.1, 0.15) is 104 Å². The number of aromatic nitrogens is 4. The van der Waals surface area contributed by atoms with Crippen LogP contribution < -0.4 is 16.4 Å². The molecule has 2 unspecified atom stereocenters. The third kappa shape index (κ3) is 8.64. The van der Waals surface area contributed by atoms with E-state index < -0.39 is 42.5 Å². The summed E-state index contributed by atoms with van der Waals surface area (Å²) in [4.78, 5) is 47.1. The molecule has 1 saturated heterocycles. The number of ether oxygens (including phenoxy) is 3. The van der Waals surface area contributed by atoms with Crippen LogP contribution in [0.3, 0.4) is 0 Å². The molecule has 1 fully saturated rings. The number of aryl methyl sites for hydroxylation is 1. The first-order valence-electron chi connectivity index (χ1n) is 17.4. The summed E-state index contributed by atoms with van der Waals surface area (Å²) >= 11 is 0. The molecule has 3 atom stereocenters. The Morgan fingerprint density at radius 1 is 1.02 bits per heavy atom. The molecule has 0 radical (unpaired) electrons. The number of rotatable bonds is 20. The van der Waals surface area contributed by atoms with Gasteiger partial charge in [-0.05, 0) is 47.5 Å². The van der Waals surface area contributed by atoms with Gasteiger partial charge in [0.25, 0.3) is 0 Å². The second-order valence-electron chi connectivity index (χ2n) is 13.5. The third-order valence-electron chi connectivity index (χ3n) is 8.81. The summed E-state index contributed by atoms with van der Waals surface area (Å²) in [5, 5.41) is 11.6. The van der Waals surface area contributed by atoms with Gasteiger partial charge >= 0.3 is 17.8 Å². The van der Waals surface area contributed by atoms with Crippen molar-refractivity contribution in [1.29, 1.82) is 5.41 Å². The minimum Gasteiger partial charge on any atom is -0.464 e. The number of carbonyl (C=O) groups is 2. The molecule has 17 heteroatoms. The van der Waals surface area contributed by atoms with E-state index in [1.807, 2.05) is 0 Å². The predicted octanol–water partition coefficient (Wildman–Crippen LogP) is 4.82. The summed E-state index contributed by atoms with van der Waals surface area (Å²) in [6.07, 6.45) is 9.59. The van der Waals surface area contributed by atoms with Crippen molar-refractivity contribution in [1.82, 2.24) is 28.9 Å². The van der Waals surface area contributed by atoms with Crippen LogP contribution in [0.2, 0.25) is 0 Å². The average Bonchev–Trinajstić information content (AvgIpc) is 3.61. The Labute approximate surface area is 291 Å². The number of imidazole rings is 1. The molecule has 0 bridgehead atoms. The fourth-order valence-corrected chi connectivity index (χ4v) is 9.30. The number of esters is 2. The number of fused-ring (bicyclic) bond motifs is 1. The zero-order valence-electron chi connectivity index (χ0n) is 30.3. The van der Waals surface area contributed by atoms with E-state index in [4.69, 9.17) is 28.5 Å². The summed E-state index contributed by atoms with van der Waals surface area (Å²) in [5.74, 6) is -1.43. The summed E-state index contributed by atoms with van der Waals surface area (Å²) in [7, 11) is -3.65. The Morgan fingerprint density at radius 2 is 1.66 bits per heavy atom. The van der Waals surface area contributed by atoms with E-state index in [0.717, 1.165) is 38.5 Å². The van der Waals surface area contributed by atoms with Gasteiger partial charge in [0, 0.05) is 0 Å². The van der Waals surface area contributed by atoms with Crippen molar-refractivity contribution in [2.24, 2.45) is 0 Å². The van der Waals surface area contributed by atoms with Gasteiger partial charge in [-0.2, -0.15) is 4.67 Å². The summed E-state index contributed by atoms with van der Waals surface area (Å²) in [5.41, 5.74) is -2.18. The van der Waals surface area contributed by atoms with E-state index in [2.05, 4.69) is 28.9 Å². The normalized spacial score (nSPS) is 20.1. The number of hydrogen-bond acceptors (Lipinski definition) is 12. The molecule has 3 aromatic rings. The summed E-state index contributed by atoms with van der Waals surface area (Å²) in [6.45, 7) is 13.1. The van der Waals surface area contributed by atoms with Gasteiger partial charge in [-0.1, -0.05) is 52.4 Å². The lowest BCUT2D eigenvalue weighted by molar-refractivity contribution is -0.170. The molecule has 3 aromatic heterocycles. The zero-order chi connectivity index (χ0) is 36.7. The zero-order valence-corrected chi connectivity index (χ0v) is 31.2. The molecule has 2 N–H and O–H groups in total. The van der Waals surface area contributed by atoms with Crippen molar-refractivity contribution in [2.45, 2.75) is 130 Å². The van der Waals surface area contributed by atoms with Gasteiger partial charge in [0.2, 0.25) is 7.44 Å². The molecular formula is C33H52N7O9P. The van der Waals surface area contributed by atoms with Gasteiger partial charge in [0.15, 0.2) is 22.6 Å². The highest BCUT2D eigenvalue weighted by Gasteiger charge is 2.68. The molecule has 1 aliphatic heterocycles. The van der Waals surface area contributed by atoms with E-state index in [0.29, 0.717) is 29.8 Å². The molecule has 278 valence electrons. The lowest BCUT2D eigenvalue weighted by Gasteiger charge is -2.59. The Hall–Kier alpha value is -3.59. The van der Waals surface area contributed by atoms with E-state index in [1.54, 1.807) is 39.2 Å². The molecule has 0 saturated carbocycles. The van der Waals surface area contributed by atoms with Crippen LogP contribution in [-0.4, -0.2) is 72.6 Å². The smallest absolute Gasteiger partial charge is 0.464 e. The Morgan fingerprint density at radius 3 is 2.28 bits per heavy atom. The summed E-state index contributed by atoms with van der Waals surface area (Å²) < 4.78 is 46.3. The number of nitrogens with one attached hydrogen (secondary N) is 2. The first-order valence-corrected chi connectivity index (χ1v) is 19.2. The molecule has 4 heterocycles. The number of unbranched alkanes of at least 4 members (excludes halogenated alkanes) is 6. The molecule has 16 nitrogen and oxygen atoms in total. The maximum atomic E-state index is 14.5. The Bertz CT molecular complexity index is 1760. The minimum atomic E-state index is -3.65. The lowest BCUT2D eigenvalue weighted by Crippen LogP contribution is -2.77. The van der Waals surface area contributed by atoms with E-state index in [9.17, 15) is 18.9 Å². The van der Waals surface area contributed by atoms with Crippen molar-refractivity contribution in [3.05, 3.63) is 40.3 Å². The number of nitrogens with zero attached hydrogens (tertiary/aromatic N) is 5. The maximum absolute atomic E-state index is 14.5. The van der Waals surface area contributed by atoms with Crippen LogP contribution in [0.5, 0.6) is 0 Å².